The van der Waals surface area contributed by atoms with Crippen molar-refractivity contribution in [3.63, 3.8) is 0 Å². The van der Waals surface area contributed by atoms with Gasteiger partial charge in [0.25, 0.3) is 0 Å². The third-order valence-corrected chi connectivity index (χ3v) is 2.12. The van der Waals surface area contributed by atoms with Crippen molar-refractivity contribution < 1.29 is 42.2 Å². The quantitative estimate of drug-likeness (QED) is 0.568. The number of hydrazone groups is 1. The minimum Gasteiger partial charge on any atom is -0.400 e. The summed E-state index contributed by atoms with van der Waals surface area (Å²) in [5.41, 5.74) is 0. The third kappa shape index (κ3) is 1.71. The Morgan fingerprint density at radius 3 is 2.92 bits per heavy atom. The molecule has 12 heavy (non-hydrogen) atoms. The van der Waals surface area contributed by atoms with Crippen LogP contribution in [-0.4, -0.2) is 37.4 Å². The van der Waals surface area contributed by atoms with Crippen LogP contribution >= 0.6 is 0 Å². The summed E-state index contributed by atoms with van der Waals surface area (Å²) in [5.74, 6) is 0.175. The van der Waals surface area contributed by atoms with Crippen LogP contribution in [0.5, 0.6) is 0 Å². The molecule has 0 amide bonds. The second-order valence-corrected chi connectivity index (χ2v) is 2.88. The van der Waals surface area contributed by atoms with Gasteiger partial charge in [-0.1, -0.05) is 5.92 Å². The molecule has 0 bridgehead atoms. The van der Waals surface area contributed by atoms with Crippen molar-refractivity contribution in [2.45, 2.75) is 19.3 Å². The molecule has 65 valence electrons. The van der Waals surface area contributed by atoms with E-state index in [0.717, 1.165) is 0 Å². The Hall–Kier alpha value is 0.494. The number of hydrogen-bond acceptors (Lipinski definition) is 4. The number of ether oxygens (including phenoxy) is 2. The van der Waals surface area contributed by atoms with Crippen molar-refractivity contribution in [3.05, 3.63) is 0 Å². The first-order valence-corrected chi connectivity index (χ1v) is 3.71. The summed E-state index contributed by atoms with van der Waals surface area (Å²) < 4.78 is 10.6. The maximum absolute atomic E-state index is 5.33. The van der Waals surface area contributed by atoms with Crippen LogP contribution in [0.3, 0.4) is 0 Å². The Bertz CT molecular complexity index is 188. The summed E-state index contributed by atoms with van der Waals surface area (Å²) in [6, 6.07) is 0. The Morgan fingerprint density at radius 2 is 2.25 bits per heavy atom. The van der Waals surface area contributed by atoms with Gasteiger partial charge < -0.3 is 25.8 Å². The predicted octanol–water partition coefficient (Wildman–Crippen LogP) is 0.127. The summed E-state index contributed by atoms with van der Waals surface area (Å²) in [4.78, 5) is 0. The van der Waals surface area contributed by atoms with Gasteiger partial charge in [0.05, 0.1) is 0 Å². The van der Waals surface area contributed by atoms with E-state index in [0.29, 0.717) is 6.79 Å². The Labute approximate surface area is 97.2 Å². The topological polar surface area (TPSA) is 34.1 Å². The molecular formula is C7H11N2O2Y-. The van der Waals surface area contributed by atoms with Crippen molar-refractivity contribution >= 4 is 6.21 Å². The Kier molecular flexibility index (Phi) is 3.64. The standard InChI is InChI=1S/C7H11N2O2.Y/c1-5-6-3-8-9(2)7(6)11-4-10-5;/h5-7H,4H2,1-2H3;/q-1;. The molecule has 0 aromatic rings. The summed E-state index contributed by atoms with van der Waals surface area (Å²) in [7, 11) is 1.88. The molecule has 0 spiro atoms. The van der Waals surface area contributed by atoms with Gasteiger partial charge in [0, 0.05) is 45.9 Å². The fourth-order valence-corrected chi connectivity index (χ4v) is 1.38. The van der Waals surface area contributed by atoms with Gasteiger partial charge in [-0.3, -0.25) is 0 Å². The second kappa shape index (κ2) is 4.14. The zero-order valence-corrected chi connectivity index (χ0v) is 10.1. The van der Waals surface area contributed by atoms with Gasteiger partial charge in [-0.25, -0.2) is 0 Å². The van der Waals surface area contributed by atoms with Gasteiger partial charge in [0.2, 0.25) is 0 Å². The fraction of sp³-hybridized carbons (Fsp3) is 0.857. The van der Waals surface area contributed by atoms with Gasteiger partial charge >= 0.3 is 0 Å². The summed E-state index contributed by atoms with van der Waals surface area (Å²) in [6.45, 7) is 2.38. The van der Waals surface area contributed by atoms with Crippen LogP contribution in [0.15, 0.2) is 5.10 Å². The van der Waals surface area contributed by atoms with Gasteiger partial charge in [-0.15, -0.1) is 0 Å². The molecule has 2 heterocycles. The van der Waals surface area contributed by atoms with E-state index in [1.807, 2.05) is 14.0 Å². The maximum Gasteiger partial charge on any atom is 0.149 e. The SMILES string of the molecule is CC1OCOC2C1[C-]=NN2C.[Y]. The molecule has 4 nitrogen and oxygen atoms in total. The molecule has 0 aromatic carbocycles. The molecule has 2 rings (SSSR count). The third-order valence-electron chi connectivity index (χ3n) is 2.12. The van der Waals surface area contributed by atoms with E-state index in [4.69, 9.17) is 9.47 Å². The summed E-state index contributed by atoms with van der Waals surface area (Å²) in [6.07, 6.45) is 3.17. The first-order chi connectivity index (χ1) is 5.29. The molecule has 0 saturated carbocycles. The molecule has 3 atom stereocenters. The molecule has 0 aromatic heterocycles. The van der Waals surface area contributed by atoms with Gasteiger partial charge in [0.1, 0.15) is 13.0 Å². The van der Waals surface area contributed by atoms with Crippen LogP contribution in [0.25, 0.3) is 0 Å². The molecule has 2 aliphatic rings. The van der Waals surface area contributed by atoms with Gasteiger partial charge in [0.15, 0.2) is 0 Å². The number of fused-ring (bicyclic) bond motifs is 1. The van der Waals surface area contributed by atoms with Crippen molar-refractivity contribution in [2.24, 2.45) is 11.0 Å². The predicted molar refractivity (Wildman–Crippen MR) is 39.0 cm³/mol. The van der Waals surface area contributed by atoms with Crippen LogP contribution in [0, 0.1) is 5.92 Å². The van der Waals surface area contributed by atoms with Crippen molar-refractivity contribution in [1.29, 1.82) is 0 Å². The van der Waals surface area contributed by atoms with Crippen molar-refractivity contribution in [2.75, 3.05) is 13.8 Å². The van der Waals surface area contributed by atoms with E-state index in [-0.39, 0.29) is 51.0 Å². The van der Waals surface area contributed by atoms with E-state index >= 15 is 0 Å². The van der Waals surface area contributed by atoms with E-state index in [1.54, 1.807) is 5.01 Å². The average Bonchev–Trinajstić information content (AvgIpc) is 2.35. The van der Waals surface area contributed by atoms with Crippen molar-refractivity contribution in [3.8, 4) is 0 Å². The normalized spacial score (nSPS) is 39.2. The average molecular weight is 244 g/mol. The molecule has 1 radical (unpaired) electrons. The molecule has 0 N–H and O–H groups in total. The minimum absolute atomic E-state index is 0. The molecule has 1 fully saturated rings. The van der Waals surface area contributed by atoms with E-state index in [1.165, 1.54) is 0 Å². The maximum atomic E-state index is 5.33. The van der Waals surface area contributed by atoms with Crippen LogP contribution in [0.2, 0.25) is 0 Å². The molecule has 5 heteroatoms. The largest absolute Gasteiger partial charge is 0.400 e. The zero-order valence-electron chi connectivity index (χ0n) is 7.23. The van der Waals surface area contributed by atoms with Crippen LogP contribution in [-0.2, 0) is 42.2 Å². The summed E-state index contributed by atoms with van der Waals surface area (Å²) >= 11 is 0. The van der Waals surface area contributed by atoms with Crippen LogP contribution < -0.4 is 0 Å². The number of rotatable bonds is 0. The number of hydrogen-bond donors (Lipinski definition) is 0. The first-order valence-electron chi connectivity index (χ1n) is 3.71. The minimum atomic E-state index is 0. The van der Waals surface area contributed by atoms with Crippen molar-refractivity contribution in [1.82, 2.24) is 5.01 Å². The summed E-state index contributed by atoms with van der Waals surface area (Å²) in [5, 5.41) is 5.79. The first kappa shape index (κ1) is 10.6. The fourth-order valence-electron chi connectivity index (χ4n) is 1.38. The Balaban J connectivity index is 0.000000720. The van der Waals surface area contributed by atoms with Gasteiger partial charge in [-0.05, 0) is 6.92 Å². The molecule has 3 unspecified atom stereocenters. The van der Waals surface area contributed by atoms with Crippen LogP contribution in [0.1, 0.15) is 6.92 Å². The van der Waals surface area contributed by atoms with E-state index in [2.05, 4.69) is 11.3 Å². The van der Waals surface area contributed by atoms with Crippen LogP contribution in [0.4, 0.5) is 0 Å². The van der Waals surface area contributed by atoms with Gasteiger partial charge in [-0.2, -0.15) is 0 Å². The zero-order chi connectivity index (χ0) is 7.84. The smallest absolute Gasteiger partial charge is 0.149 e. The Morgan fingerprint density at radius 1 is 1.50 bits per heavy atom. The molecule has 0 aliphatic carbocycles. The molecule has 2 aliphatic heterocycles. The second-order valence-electron chi connectivity index (χ2n) is 2.88. The number of nitrogens with zero attached hydrogens (tertiary/aromatic N) is 2. The van der Waals surface area contributed by atoms with E-state index < -0.39 is 0 Å². The monoisotopic (exact) mass is 244 g/mol. The molecule has 1 saturated heterocycles. The molecular weight excluding hydrogens is 233 g/mol. The van der Waals surface area contributed by atoms with E-state index in [9.17, 15) is 0 Å².